The molecule has 0 aliphatic carbocycles. The second-order valence-corrected chi connectivity index (χ2v) is 4.93. The molecule has 120 valence electrons. The highest BCUT2D eigenvalue weighted by Crippen LogP contribution is 2.33. The van der Waals surface area contributed by atoms with Gasteiger partial charge in [0.25, 0.3) is 0 Å². The lowest BCUT2D eigenvalue weighted by molar-refractivity contribution is -0.137. The van der Waals surface area contributed by atoms with E-state index in [1.165, 1.54) is 12.1 Å². The molecule has 0 bridgehead atoms. The fraction of sp³-hybridized carbons (Fsp3) is 0.235. The topological polar surface area (TPSA) is 45.0 Å². The smallest absolute Gasteiger partial charge is 0.381 e. The molecule has 0 aliphatic rings. The molecule has 1 N–H and O–H groups in total. The average molecular weight is 320 g/mol. The van der Waals surface area contributed by atoms with E-state index in [9.17, 15) is 13.2 Å². The molecule has 0 spiro atoms. The summed E-state index contributed by atoms with van der Waals surface area (Å²) >= 11 is 0. The monoisotopic (exact) mass is 320 g/mol. The van der Waals surface area contributed by atoms with E-state index in [-0.39, 0.29) is 5.56 Å². The normalized spacial score (nSPS) is 11.1. The van der Waals surface area contributed by atoms with Crippen LogP contribution in [0.2, 0.25) is 0 Å². The zero-order valence-corrected chi connectivity index (χ0v) is 12.4. The first-order valence-corrected chi connectivity index (χ1v) is 6.86. The van der Waals surface area contributed by atoms with Crippen LogP contribution in [0, 0.1) is 11.3 Å². The highest BCUT2D eigenvalue weighted by atomic mass is 19.4. The highest BCUT2D eigenvalue weighted by molar-refractivity contribution is 5.53. The van der Waals surface area contributed by atoms with Gasteiger partial charge in [-0.25, -0.2) is 0 Å². The van der Waals surface area contributed by atoms with Crippen molar-refractivity contribution >= 4 is 5.69 Å². The predicted octanol–water partition coefficient (Wildman–Crippen LogP) is 4.34. The minimum absolute atomic E-state index is 0.309. The number of rotatable bonds is 5. The predicted molar refractivity (Wildman–Crippen MR) is 80.6 cm³/mol. The van der Waals surface area contributed by atoms with Crippen LogP contribution in [0.15, 0.2) is 42.5 Å². The van der Waals surface area contributed by atoms with Gasteiger partial charge in [0.05, 0.1) is 23.8 Å². The van der Waals surface area contributed by atoms with Crippen LogP contribution in [0.1, 0.15) is 22.3 Å². The van der Waals surface area contributed by atoms with Gasteiger partial charge in [0.15, 0.2) is 0 Å². The van der Waals surface area contributed by atoms with Gasteiger partial charge in [-0.2, -0.15) is 18.4 Å². The minimum atomic E-state index is -4.56. The summed E-state index contributed by atoms with van der Waals surface area (Å²) in [5.74, 6) is 0. The molecule has 0 saturated carbocycles. The Hall–Kier alpha value is -2.52. The summed E-state index contributed by atoms with van der Waals surface area (Å²) in [5, 5.41) is 11.8. The van der Waals surface area contributed by atoms with E-state index in [1.54, 1.807) is 13.2 Å². The van der Waals surface area contributed by atoms with Gasteiger partial charge in [-0.3, -0.25) is 0 Å². The molecular formula is C17H15F3N2O. The van der Waals surface area contributed by atoms with Gasteiger partial charge >= 0.3 is 6.18 Å². The number of methoxy groups -OCH3 is 1. The number of nitriles is 1. The van der Waals surface area contributed by atoms with E-state index in [0.29, 0.717) is 18.8 Å². The lowest BCUT2D eigenvalue weighted by Crippen LogP contribution is -2.10. The molecule has 0 aliphatic heterocycles. The molecule has 0 fully saturated rings. The minimum Gasteiger partial charge on any atom is -0.381 e. The first-order valence-electron chi connectivity index (χ1n) is 6.86. The van der Waals surface area contributed by atoms with E-state index >= 15 is 0 Å². The molecule has 0 heterocycles. The van der Waals surface area contributed by atoms with Crippen LogP contribution >= 0.6 is 0 Å². The lowest BCUT2D eigenvalue weighted by atomic mass is 10.1. The molecule has 3 nitrogen and oxygen atoms in total. The second-order valence-electron chi connectivity index (χ2n) is 4.93. The third-order valence-corrected chi connectivity index (χ3v) is 3.35. The van der Waals surface area contributed by atoms with Crippen molar-refractivity contribution in [3.8, 4) is 6.07 Å². The summed E-state index contributed by atoms with van der Waals surface area (Å²) in [6, 6.07) is 12.7. The summed E-state index contributed by atoms with van der Waals surface area (Å²) in [7, 11) is 1.58. The maximum absolute atomic E-state index is 12.9. The number of nitrogens with one attached hydrogen (secondary N) is 1. The molecule has 0 aromatic heterocycles. The van der Waals surface area contributed by atoms with Gasteiger partial charge in [-0.05, 0) is 29.3 Å². The standard InChI is InChI=1S/C17H15F3N2O/c1-23-11-14-5-3-2-4-13(14)10-22-15-7-6-12(9-21)16(8-15)17(18,19)20/h2-8,22H,10-11H2,1H3. The van der Waals surface area contributed by atoms with Gasteiger partial charge in [0.2, 0.25) is 0 Å². The molecule has 0 amide bonds. The van der Waals surface area contributed by atoms with Crippen molar-refractivity contribution in [2.45, 2.75) is 19.3 Å². The van der Waals surface area contributed by atoms with Gasteiger partial charge < -0.3 is 10.1 Å². The van der Waals surface area contributed by atoms with Crippen LogP contribution in [0.3, 0.4) is 0 Å². The van der Waals surface area contributed by atoms with Crippen LogP contribution in [0.5, 0.6) is 0 Å². The van der Waals surface area contributed by atoms with Crippen molar-refractivity contribution in [1.29, 1.82) is 5.26 Å². The van der Waals surface area contributed by atoms with Crippen LogP contribution in [-0.4, -0.2) is 7.11 Å². The second kappa shape index (κ2) is 7.16. The van der Waals surface area contributed by atoms with Gasteiger partial charge in [0, 0.05) is 19.3 Å². The molecule has 0 radical (unpaired) electrons. The summed E-state index contributed by atoms with van der Waals surface area (Å²) in [6.07, 6.45) is -4.56. The zero-order valence-electron chi connectivity index (χ0n) is 12.4. The molecule has 2 aromatic rings. The number of anilines is 1. The fourth-order valence-corrected chi connectivity index (χ4v) is 2.21. The maximum atomic E-state index is 12.9. The lowest BCUT2D eigenvalue weighted by Gasteiger charge is -2.14. The van der Waals surface area contributed by atoms with E-state index < -0.39 is 11.7 Å². The molecule has 0 unspecified atom stereocenters. The van der Waals surface area contributed by atoms with Crippen LogP contribution in [-0.2, 0) is 24.1 Å². The largest absolute Gasteiger partial charge is 0.417 e. The summed E-state index contributed by atoms with van der Waals surface area (Å²) in [4.78, 5) is 0. The van der Waals surface area contributed by atoms with Crippen molar-refractivity contribution in [2.75, 3.05) is 12.4 Å². The molecule has 2 rings (SSSR count). The quantitative estimate of drug-likeness (QED) is 0.891. The van der Waals surface area contributed by atoms with Crippen molar-refractivity contribution in [1.82, 2.24) is 0 Å². The number of alkyl halides is 3. The first-order chi connectivity index (χ1) is 11.0. The Kier molecular flexibility index (Phi) is 5.24. The van der Waals surface area contributed by atoms with E-state index in [2.05, 4.69) is 5.32 Å². The Morgan fingerprint density at radius 2 is 1.83 bits per heavy atom. The number of nitrogens with zero attached hydrogens (tertiary/aromatic N) is 1. The zero-order chi connectivity index (χ0) is 16.9. The number of benzene rings is 2. The van der Waals surface area contributed by atoms with Crippen LogP contribution in [0.25, 0.3) is 0 Å². The number of halogens is 3. The van der Waals surface area contributed by atoms with Gasteiger partial charge in [-0.15, -0.1) is 0 Å². The summed E-state index contributed by atoms with van der Waals surface area (Å²) in [6.45, 7) is 0.793. The van der Waals surface area contributed by atoms with Crippen molar-refractivity contribution in [3.63, 3.8) is 0 Å². The van der Waals surface area contributed by atoms with Crippen molar-refractivity contribution < 1.29 is 17.9 Å². The summed E-state index contributed by atoms with van der Waals surface area (Å²) < 4.78 is 43.9. The highest BCUT2D eigenvalue weighted by Gasteiger charge is 2.33. The molecular weight excluding hydrogens is 305 g/mol. The van der Waals surface area contributed by atoms with Gasteiger partial charge in [-0.1, -0.05) is 24.3 Å². The summed E-state index contributed by atoms with van der Waals surface area (Å²) in [5.41, 5.74) is 0.890. The Labute approximate surface area is 132 Å². The Balaban J connectivity index is 2.21. The van der Waals surface area contributed by atoms with E-state index in [1.807, 2.05) is 24.3 Å². The molecule has 2 aromatic carbocycles. The first kappa shape index (κ1) is 16.8. The molecule has 6 heteroatoms. The Morgan fingerprint density at radius 3 is 2.43 bits per heavy atom. The number of hydrogen-bond donors (Lipinski definition) is 1. The van der Waals surface area contributed by atoms with Crippen molar-refractivity contribution in [2.24, 2.45) is 0 Å². The van der Waals surface area contributed by atoms with E-state index in [4.69, 9.17) is 10.00 Å². The Bertz CT molecular complexity index is 721. The van der Waals surface area contributed by atoms with Gasteiger partial charge in [0.1, 0.15) is 0 Å². The maximum Gasteiger partial charge on any atom is 0.417 e. The number of hydrogen-bond acceptors (Lipinski definition) is 3. The Morgan fingerprint density at radius 1 is 1.13 bits per heavy atom. The molecule has 0 saturated heterocycles. The SMILES string of the molecule is COCc1ccccc1CNc1ccc(C#N)c(C(F)(F)F)c1. The fourth-order valence-electron chi connectivity index (χ4n) is 2.21. The molecule has 23 heavy (non-hydrogen) atoms. The van der Waals surface area contributed by atoms with Crippen LogP contribution in [0.4, 0.5) is 18.9 Å². The van der Waals surface area contributed by atoms with E-state index in [0.717, 1.165) is 17.2 Å². The third kappa shape index (κ3) is 4.24. The average Bonchev–Trinajstić information content (AvgIpc) is 2.53. The molecule has 0 atom stereocenters. The number of ether oxygens (including phenoxy) is 1. The van der Waals surface area contributed by atoms with Crippen molar-refractivity contribution in [3.05, 3.63) is 64.7 Å². The van der Waals surface area contributed by atoms with Crippen LogP contribution < -0.4 is 5.32 Å². The third-order valence-electron chi connectivity index (χ3n) is 3.35.